The molecule has 0 spiro atoms. The van der Waals surface area contributed by atoms with Crippen molar-refractivity contribution in [1.29, 1.82) is 0 Å². The molecule has 0 aromatic heterocycles. The minimum absolute atomic E-state index is 0.0124. The summed E-state index contributed by atoms with van der Waals surface area (Å²) in [6.07, 6.45) is -5.16. The number of ketones is 1. The van der Waals surface area contributed by atoms with E-state index in [-0.39, 0.29) is 12.2 Å². The maximum Gasteiger partial charge on any atom is 0.416 e. The Morgan fingerprint density at radius 1 is 0.825 bits per heavy atom. The third kappa shape index (κ3) is 7.34. The molecule has 0 aliphatic rings. The lowest BCUT2D eigenvalue weighted by molar-refractivity contribution is -0.159. The number of halogens is 3. The Bertz CT molecular complexity index is 1260. The zero-order chi connectivity index (χ0) is 29.5. The van der Waals surface area contributed by atoms with Crippen molar-refractivity contribution in [3.63, 3.8) is 0 Å². The number of rotatable bonds is 12. The fourth-order valence-electron chi connectivity index (χ4n) is 4.33. The van der Waals surface area contributed by atoms with Crippen molar-refractivity contribution >= 4 is 17.4 Å². The number of anilines is 1. The van der Waals surface area contributed by atoms with Crippen LogP contribution < -0.4 is 14.4 Å². The van der Waals surface area contributed by atoms with Crippen molar-refractivity contribution in [3.05, 3.63) is 89.0 Å². The number of hydrogen-bond donors (Lipinski definition) is 0. The van der Waals surface area contributed by atoms with Crippen LogP contribution in [0.4, 0.5) is 18.9 Å². The number of Topliss-reactive ketones (excluding diaryl/α,β-unsaturated/α-hetero) is 1. The SMILES string of the molecule is CCOC(=O)C(C)(Cc1ccc(N(Cc2ccc(OC)cc2)Cc2ccc(OC)cc2)cc1C(F)(F)F)C(C)=O. The van der Waals surface area contributed by atoms with Crippen molar-refractivity contribution < 1.29 is 37.0 Å². The minimum atomic E-state index is -4.72. The van der Waals surface area contributed by atoms with Gasteiger partial charge in [-0.25, -0.2) is 0 Å². The van der Waals surface area contributed by atoms with Gasteiger partial charge in [-0.05, 0) is 80.3 Å². The van der Waals surface area contributed by atoms with Gasteiger partial charge in [-0.15, -0.1) is 0 Å². The first-order valence-corrected chi connectivity index (χ1v) is 12.8. The summed E-state index contributed by atoms with van der Waals surface area (Å²) in [4.78, 5) is 26.8. The van der Waals surface area contributed by atoms with Gasteiger partial charge in [0.1, 0.15) is 22.7 Å². The zero-order valence-electron chi connectivity index (χ0n) is 23.3. The van der Waals surface area contributed by atoms with Gasteiger partial charge in [-0.3, -0.25) is 9.59 Å². The van der Waals surface area contributed by atoms with Crippen LogP contribution in [-0.4, -0.2) is 32.6 Å². The molecule has 3 rings (SSSR count). The average Bonchev–Trinajstić information content (AvgIpc) is 2.93. The van der Waals surface area contributed by atoms with Crippen LogP contribution in [0, 0.1) is 5.41 Å². The molecule has 1 atom stereocenters. The molecule has 0 aliphatic carbocycles. The topological polar surface area (TPSA) is 65.1 Å². The summed E-state index contributed by atoms with van der Waals surface area (Å²) in [5, 5.41) is 0. The highest BCUT2D eigenvalue weighted by molar-refractivity contribution is 6.02. The Hall–Kier alpha value is -4.01. The van der Waals surface area contributed by atoms with Crippen molar-refractivity contribution in [3.8, 4) is 11.5 Å². The molecule has 3 aromatic rings. The van der Waals surface area contributed by atoms with Gasteiger partial charge >= 0.3 is 12.1 Å². The Morgan fingerprint density at radius 2 is 1.32 bits per heavy atom. The molecule has 0 radical (unpaired) electrons. The van der Waals surface area contributed by atoms with Gasteiger partial charge in [0.2, 0.25) is 0 Å². The lowest BCUT2D eigenvalue weighted by Gasteiger charge is -2.29. The van der Waals surface area contributed by atoms with E-state index in [0.29, 0.717) is 30.3 Å². The molecule has 0 N–H and O–H groups in total. The number of esters is 1. The van der Waals surface area contributed by atoms with Gasteiger partial charge in [0.05, 0.1) is 26.4 Å². The fraction of sp³-hybridized carbons (Fsp3) is 0.355. The van der Waals surface area contributed by atoms with E-state index in [0.717, 1.165) is 17.2 Å². The van der Waals surface area contributed by atoms with Crippen molar-refractivity contribution in [2.75, 3.05) is 25.7 Å². The van der Waals surface area contributed by atoms with Crippen molar-refractivity contribution in [2.24, 2.45) is 5.41 Å². The smallest absolute Gasteiger partial charge is 0.416 e. The highest BCUT2D eigenvalue weighted by atomic mass is 19.4. The second-order valence-corrected chi connectivity index (χ2v) is 9.68. The molecule has 0 saturated heterocycles. The Kier molecular flexibility index (Phi) is 9.84. The molecule has 1 unspecified atom stereocenters. The molecule has 0 heterocycles. The minimum Gasteiger partial charge on any atom is -0.497 e. The van der Waals surface area contributed by atoms with Gasteiger partial charge in [0, 0.05) is 18.8 Å². The van der Waals surface area contributed by atoms with Gasteiger partial charge < -0.3 is 19.1 Å². The van der Waals surface area contributed by atoms with Crippen LogP contribution in [0.15, 0.2) is 66.7 Å². The molecule has 9 heteroatoms. The first kappa shape index (κ1) is 30.5. The largest absolute Gasteiger partial charge is 0.497 e. The lowest BCUT2D eigenvalue weighted by Crippen LogP contribution is -2.39. The maximum absolute atomic E-state index is 14.4. The number of hydrogen-bond acceptors (Lipinski definition) is 6. The van der Waals surface area contributed by atoms with E-state index >= 15 is 0 Å². The van der Waals surface area contributed by atoms with E-state index in [1.54, 1.807) is 51.5 Å². The van der Waals surface area contributed by atoms with Gasteiger partial charge in [-0.1, -0.05) is 30.3 Å². The Balaban J connectivity index is 2.05. The molecule has 0 saturated carbocycles. The molecular formula is C31H34F3NO5. The fourth-order valence-corrected chi connectivity index (χ4v) is 4.33. The number of carbonyl (C=O) groups excluding carboxylic acids is 2. The van der Waals surface area contributed by atoms with Gasteiger partial charge in [-0.2, -0.15) is 13.2 Å². The van der Waals surface area contributed by atoms with Crippen LogP contribution in [0.3, 0.4) is 0 Å². The zero-order valence-corrected chi connectivity index (χ0v) is 23.3. The molecule has 214 valence electrons. The van der Waals surface area contributed by atoms with E-state index in [9.17, 15) is 22.8 Å². The van der Waals surface area contributed by atoms with E-state index in [1.165, 1.54) is 19.9 Å². The first-order chi connectivity index (χ1) is 18.9. The van der Waals surface area contributed by atoms with E-state index < -0.39 is 35.3 Å². The summed E-state index contributed by atoms with van der Waals surface area (Å²) in [5.74, 6) is -0.0716. The second-order valence-electron chi connectivity index (χ2n) is 9.68. The van der Waals surface area contributed by atoms with Crippen molar-refractivity contribution in [2.45, 2.75) is 46.5 Å². The Labute approximate surface area is 232 Å². The number of ether oxygens (including phenoxy) is 3. The number of methoxy groups -OCH3 is 2. The second kappa shape index (κ2) is 12.9. The van der Waals surface area contributed by atoms with Crippen LogP contribution in [0.1, 0.15) is 43.0 Å². The highest BCUT2D eigenvalue weighted by Crippen LogP contribution is 2.38. The molecule has 0 aliphatic heterocycles. The number of nitrogens with zero attached hydrogens (tertiary/aromatic N) is 1. The first-order valence-electron chi connectivity index (χ1n) is 12.8. The van der Waals surface area contributed by atoms with Crippen LogP contribution in [-0.2, 0) is 40.0 Å². The monoisotopic (exact) mass is 557 g/mol. The quantitative estimate of drug-likeness (QED) is 0.184. The van der Waals surface area contributed by atoms with Crippen LogP contribution >= 0.6 is 0 Å². The summed E-state index contributed by atoms with van der Waals surface area (Å²) >= 11 is 0. The molecule has 0 bridgehead atoms. The van der Waals surface area contributed by atoms with E-state index in [1.807, 2.05) is 29.2 Å². The van der Waals surface area contributed by atoms with Crippen LogP contribution in [0.25, 0.3) is 0 Å². The summed E-state index contributed by atoms with van der Waals surface area (Å²) in [5.41, 5.74) is -0.726. The predicted molar refractivity (Wildman–Crippen MR) is 146 cm³/mol. The molecule has 0 fully saturated rings. The molecule has 6 nitrogen and oxygen atoms in total. The van der Waals surface area contributed by atoms with Crippen molar-refractivity contribution in [1.82, 2.24) is 0 Å². The summed E-state index contributed by atoms with van der Waals surface area (Å²) in [6, 6.07) is 18.6. The lowest BCUT2D eigenvalue weighted by atomic mass is 9.79. The third-order valence-electron chi connectivity index (χ3n) is 6.88. The summed E-state index contributed by atoms with van der Waals surface area (Å²) < 4.78 is 58.6. The number of carbonyl (C=O) groups is 2. The van der Waals surface area contributed by atoms with Crippen LogP contribution in [0.2, 0.25) is 0 Å². The number of benzene rings is 3. The molecule has 0 amide bonds. The highest BCUT2D eigenvalue weighted by Gasteiger charge is 2.43. The predicted octanol–water partition coefficient (Wildman–Crippen LogP) is 6.63. The summed E-state index contributed by atoms with van der Waals surface area (Å²) in [6.45, 7) is 4.74. The molecular weight excluding hydrogens is 523 g/mol. The maximum atomic E-state index is 14.4. The average molecular weight is 558 g/mol. The summed E-state index contributed by atoms with van der Waals surface area (Å²) in [7, 11) is 3.12. The standard InChI is InChI=1S/C31H34F3NO5/c1-6-40-29(37)30(3,21(2)36)18-24-11-12-25(17-28(24)31(32,33)34)35(19-22-7-13-26(38-4)14-8-22)20-23-9-15-27(39-5)16-10-23/h7-17H,6,18-20H2,1-5H3. The number of alkyl halides is 3. The van der Waals surface area contributed by atoms with E-state index in [2.05, 4.69) is 0 Å². The Morgan fingerprint density at radius 3 is 1.73 bits per heavy atom. The van der Waals surface area contributed by atoms with E-state index in [4.69, 9.17) is 14.2 Å². The third-order valence-corrected chi connectivity index (χ3v) is 6.88. The van der Waals surface area contributed by atoms with Crippen LogP contribution in [0.5, 0.6) is 11.5 Å². The molecule has 3 aromatic carbocycles. The molecule has 40 heavy (non-hydrogen) atoms. The van der Waals surface area contributed by atoms with Gasteiger partial charge in [0.15, 0.2) is 0 Å². The van der Waals surface area contributed by atoms with Gasteiger partial charge in [0.25, 0.3) is 0 Å². The normalized spacial score (nSPS) is 12.8.